The Bertz CT molecular complexity index is 855. The van der Waals surface area contributed by atoms with Gasteiger partial charge in [-0.3, -0.25) is 4.79 Å². The Morgan fingerprint density at radius 3 is 2.33 bits per heavy atom. The first-order valence-corrected chi connectivity index (χ1v) is 10.2. The quantitative estimate of drug-likeness (QED) is 0.554. The maximum absolute atomic E-state index is 12.8. The zero-order valence-electron chi connectivity index (χ0n) is 18.3. The van der Waals surface area contributed by atoms with Gasteiger partial charge in [0, 0.05) is 18.0 Å². The Morgan fingerprint density at radius 2 is 1.63 bits per heavy atom. The Morgan fingerprint density at radius 1 is 0.967 bits per heavy atom. The molecule has 0 fully saturated rings. The average molecular weight is 434 g/mol. The van der Waals surface area contributed by atoms with Crippen LogP contribution in [0.2, 0.25) is 0 Å². The summed E-state index contributed by atoms with van der Waals surface area (Å²) in [6, 6.07) is 11.9. The zero-order chi connectivity index (χ0) is 20.8. The number of nitrogens with zero attached hydrogens (tertiary/aromatic N) is 1. The number of ether oxygens (including phenoxy) is 3. The number of ketones is 1. The number of halogens is 1. The fraction of sp³-hybridized carbons (Fsp3) is 0.458. The molecule has 0 spiro atoms. The molecule has 0 radical (unpaired) electrons. The van der Waals surface area contributed by atoms with Crippen LogP contribution in [-0.2, 0) is 12.8 Å². The molecule has 164 valence electrons. The van der Waals surface area contributed by atoms with Crippen LogP contribution in [0, 0.1) is 5.92 Å². The van der Waals surface area contributed by atoms with E-state index in [9.17, 15) is 4.79 Å². The summed E-state index contributed by atoms with van der Waals surface area (Å²) in [5, 5.41) is 0. The van der Waals surface area contributed by atoms with Crippen LogP contribution in [0.25, 0.3) is 0 Å². The maximum Gasteiger partial charge on any atom is 0.166 e. The maximum atomic E-state index is 12.8. The van der Waals surface area contributed by atoms with Crippen molar-refractivity contribution in [3.8, 4) is 17.2 Å². The van der Waals surface area contributed by atoms with E-state index in [1.165, 1.54) is 5.56 Å². The largest absolute Gasteiger partial charge is 0.496 e. The van der Waals surface area contributed by atoms with Gasteiger partial charge in [-0.2, -0.15) is 0 Å². The lowest BCUT2D eigenvalue weighted by Crippen LogP contribution is -2.23. The van der Waals surface area contributed by atoms with E-state index < -0.39 is 0 Å². The van der Waals surface area contributed by atoms with Crippen molar-refractivity contribution in [3.05, 3.63) is 53.1 Å². The van der Waals surface area contributed by atoms with Gasteiger partial charge in [-0.05, 0) is 68.6 Å². The summed E-state index contributed by atoms with van der Waals surface area (Å²) in [7, 11) is 7.07. The first-order valence-electron chi connectivity index (χ1n) is 10.2. The summed E-state index contributed by atoms with van der Waals surface area (Å²) in [5.74, 6) is 2.55. The van der Waals surface area contributed by atoms with Crippen LogP contribution in [0.1, 0.15) is 34.3 Å². The number of carbonyl (C=O) groups is 1. The fourth-order valence-electron chi connectivity index (χ4n) is 4.07. The molecular formula is C24H32ClNO4. The van der Waals surface area contributed by atoms with Crippen LogP contribution in [0.5, 0.6) is 17.2 Å². The Balaban J connectivity index is 0.00000320. The molecule has 0 bridgehead atoms. The van der Waals surface area contributed by atoms with Crippen LogP contribution in [0.4, 0.5) is 0 Å². The highest BCUT2D eigenvalue weighted by atomic mass is 35.5. The van der Waals surface area contributed by atoms with Gasteiger partial charge in [0.15, 0.2) is 17.3 Å². The molecule has 5 nitrogen and oxygen atoms in total. The molecule has 1 aliphatic rings. The van der Waals surface area contributed by atoms with Gasteiger partial charge in [0.25, 0.3) is 0 Å². The smallest absolute Gasteiger partial charge is 0.166 e. The molecule has 30 heavy (non-hydrogen) atoms. The fourth-order valence-corrected chi connectivity index (χ4v) is 4.07. The predicted octanol–water partition coefficient (Wildman–Crippen LogP) is 4.44. The van der Waals surface area contributed by atoms with Gasteiger partial charge in [0.05, 0.1) is 21.3 Å². The highest BCUT2D eigenvalue weighted by molar-refractivity contribution is 6.02. The van der Waals surface area contributed by atoms with Crippen LogP contribution < -0.4 is 14.2 Å². The molecule has 0 heterocycles. The second-order valence-electron chi connectivity index (χ2n) is 7.64. The third-order valence-corrected chi connectivity index (χ3v) is 5.76. The summed E-state index contributed by atoms with van der Waals surface area (Å²) >= 11 is 0. The van der Waals surface area contributed by atoms with Crippen LogP contribution >= 0.6 is 12.4 Å². The number of para-hydroxylation sites is 1. The number of likely N-dealkylation sites (N-methyl/N-ethyl adjacent to an activating group) is 1. The van der Waals surface area contributed by atoms with Gasteiger partial charge in [0.1, 0.15) is 5.75 Å². The van der Waals surface area contributed by atoms with Crippen molar-refractivity contribution < 1.29 is 19.0 Å². The number of hydrogen-bond acceptors (Lipinski definition) is 5. The van der Waals surface area contributed by atoms with Crippen molar-refractivity contribution in [2.24, 2.45) is 5.92 Å². The predicted molar refractivity (Wildman–Crippen MR) is 122 cm³/mol. The van der Waals surface area contributed by atoms with E-state index in [1.54, 1.807) is 21.3 Å². The van der Waals surface area contributed by atoms with E-state index in [0.29, 0.717) is 11.5 Å². The van der Waals surface area contributed by atoms with E-state index in [0.717, 1.165) is 55.6 Å². The molecule has 2 aromatic rings. The van der Waals surface area contributed by atoms with E-state index in [1.807, 2.05) is 30.3 Å². The number of hydrogen-bond donors (Lipinski definition) is 0. The molecule has 0 saturated carbocycles. The second-order valence-corrected chi connectivity index (χ2v) is 7.64. The van der Waals surface area contributed by atoms with Crippen LogP contribution in [0.15, 0.2) is 36.4 Å². The lowest BCUT2D eigenvalue weighted by molar-refractivity contribution is 0.0927. The van der Waals surface area contributed by atoms with Crippen molar-refractivity contribution in [2.45, 2.75) is 25.7 Å². The van der Waals surface area contributed by atoms with E-state index in [-0.39, 0.29) is 24.1 Å². The molecule has 0 aliphatic heterocycles. The molecular weight excluding hydrogens is 402 g/mol. The van der Waals surface area contributed by atoms with Crippen molar-refractivity contribution >= 4 is 18.2 Å². The molecule has 0 saturated heterocycles. The first-order chi connectivity index (χ1) is 14.1. The molecule has 0 N–H and O–H groups in total. The van der Waals surface area contributed by atoms with E-state index in [2.05, 4.69) is 18.0 Å². The highest BCUT2D eigenvalue weighted by Gasteiger charge is 2.31. The van der Waals surface area contributed by atoms with Crippen LogP contribution in [-0.4, -0.2) is 52.1 Å². The van der Waals surface area contributed by atoms with Gasteiger partial charge >= 0.3 is 0 Å². The molecule has 0 aromatic heterocycles. The summed E-state index contributed by atoms with van der Waals surface area (Å²) < 4.78 is 16.1. The number of benzene rings is 2. The van der Waals surface area contributed by atoms with Crippen LogP contribution in [0.3, 0.4) is 0 Å². The Kier molecular flexibility index (Phi) is 9.00. The normalized spacial score (nSPS) is 15.0. The zero-order valence-corrected chi connectivity index (χ0v) is 19.1. The van der Waals surface area contributed by atoms with E-state index >= 15 is 0 Å². The minimum atomic E-state index is 0. The lowest BCUT2D eigenvalue weighted by atomic mass is 9.99. The number of methoxy groups -OCH3 is 3. The lowest BCUT2D eigenvalue weighted by Gasteiger charge is -2.18. The van der Waals surface area contributed by atoms with Crippen molar-refractivity contribution in [1.29, 1.82) is 0 Å². The van der Waals surface area contributed by atoms with Gasteiger partial charge in [-0.1, -0.05) is 18.2 Å². The summed E-state index contributed by atoms with van der Waals surface area (Å²) in [6.45, 7) is 1.94. The van der Waals surface area contributed by atoms with Gasteiger partial charge in [-0.25, -0.2) is 0 Å². The second kappa shape index (κ2) is 11.2. The van der Waals surface area contributed by atoms with Crippen molar-refractivity contribution in [3.63, 3.8) is 0 Å². The Hall–Kier alpha value is -2.24. The third-order valence-electron chi connectivity index (χ3n) is 5.76. The summed E-state index contributed by atoms with van der Waals surface area (Å²) in [5.41, 5.74) is 3.09. The summed E-state index contributed by atoms with van der Waals surface area (Å²) in [4.78, 5) is 15.1. The topological polar surface area (TPSA) is 48.0 Å². The molecule has 0 amide bonds. The highest BCUT2D eigenvalue weighted by Crippen LogP contribution is 2.37. The number of rotatable bonds is 10. The minimum Gasteiger partial charge on any atom is -0.496 e. The third kappa shape index (κ3) is 5.46. The van der Waals surface area contributed by atoms with Gasteiger partial charge < -0.3 is 19.1 Å². The SMILES string of the molecule is COc1ccccc1CCN(C)CCCC1Cc2cc(OC)c(OC)cc2C1=O.Cl. The van der Waals surface area contributed by atoms with Gasteiger partial charge in [-0.15, -0.1) is 12.4 Å². The standard InChI is InChI=1S/C24H31NO4.ClH/c1-25(13-11-17-8-5-6-10-21(17)27-2)12-7-9-18-14-19-15-22(28-3)23(29-4)16-20(19)24(18)26;/h5-6,8,10,15-16,18H,7,9,11-14H2,1-4H3;1H. The first kappa shape index (κ1) is 24.0. The van der Waals surface area contributed by atoms with E-state index in [4.69, 9.17) is 14.2 Å². The van der Waals surface area contributed by atoms with Gasteiger partial charge in [0.2, 0.25) is 0 Å². The Labute approximate surface area is 185 Å². The molecule has 2 aromatic carbocycles. The molecule has 3 rings (SSSR count). The molecule has 6 heteroatoms. The molecule has 1 atom stereocenters. The number of fused-ring (bicyclic) bond motifs is 1. The van der Waals surface area contributed by atoms with Crippen molar-refractivity contribution in [1.82, 2.24) is 4.90 Å². The number of Topliss-reactive ketones (excluding diaryl/α,β-unsaturated/α-hetero) is 1. The number of carbonyl (C=O) groups excluding carboxylic acids is 1. The molecule has 1 aliphatic carbocycles. The minimum absolute atomic E-state index is 0. The van der Waals surface area contributed by atoms with Crippen molar-refractivity contribution in [2.75, 3.05) is 41.5 Å². The molecule has 1 unspecified atom stereocenters. The average Bonchev–Trinajstić information content (AvgIpc) is 3.06. The summed E-state index contributed by atoms with van der Waals surface area (Å²) in [6.07, 6.45) is 3.64. The monoisotopic (exact) mass is 433 g/mol.